The Kier molecular flexibility index (Phi) is 8.98. The summed E-state index contributed by atoms with van der Waals surface area (Å²) >= 11 is 0. The van der Waals surface area contributed by atoms with Crippen molar-refractivity contribution in [2.75, 3.05) is 40.9 Å². The van der Waals surface area contributed by atoms with E-state index in [9.17, 15) is 13.2 Å². The SMILES string of the molecule is COC(=O)[C@H](C)Nc1cc(CS(=O)(=O)/C=C/c2c(OC)cc(OC)cc2OC)ccc1OC. The normalized spacial score (nSPS) is 12.2. The lowest BCUT2D eigenvalue weighted by Gasteiger charge is -2.16. The van der Waals surface area contributed by atoms with Gasteiger partial charge in [-0.3, -0.25) is 0 Å². The van der Waals surface area contributed by atoms with Gasteiger partial charge in [0.25, 0.3) is 0 Å². The van der Waals surface area contributed by atoms with Gasteiger partial charge in [-0.1, -0.05) is 6.07 Å². The number of carbonyl (C=O) groups excluding carboxylic acids is 1. The molecule has 1 N–H and O–H groups in total. The van der Waals surface area contributed by atoms with Gasteiger partial charge in [-0.05, 0) is 30.7 Å². The van der Waals surface area contributed by atoms with Crippen LogP contribution in [0.4, 0.5) is 5.69 Å². The van der Waals surface area contributed by atoms with Crippen molar-refractivity contribution in [3.63, 3.8) is 0 Å². The number of hydrogen-bond donors (Lipinski definition) is 1. The van der Waals surface area contributed by atoms with E-state index in [4.69, 9.17) is 23.7 Å². The monoisotopic (exact) mass is 479 g/mol. The fraction of sp³-hybridized carbons (Fsp3) is 0.348. The summed E-state index contributed by atoms with van der Waals surface area (Å²) < 4.78 is 51.6. The van der Waals surface area contributed by atoms with Crippen molar-refractivity contribution < 1.29 is 36.9 Å². The van der Waals surface area contributed by atoms with E-state index >= 15 is 0 Å². The van der Waals surface area contributed by atoms with Gasteiger partial charge in [0.2, 0.25) is 0 Å². The Hall–Kier alpha value is -3.40. The van der Waals surface area contributed by atoms with Crippen molar-refractivity contribution in [3.05, 3.63) is 46.9 Å². The highest BCUT2D eigenvalue weighted by Gasteiger charge is 2.17. The third-order valence-electron chi connectivity index (χ3n) is 4.75. The van der Waals surface area contributed by atoms with Crippen LogP contribution in [0.5, 0.6) is 23.0 Å². The van der Waals surface area contributed by atoms with Crippen molar-refractivity contribution in [2.45, 2.75) is 18.7 Å². The van der Waals surface area contributed by atoms with Crippen LogP contribution in [0, 0.1) is 0 Å². The molecule has 2 aromatic rings. The third-order valence-corrected chi connectivity index (χ3v) is 6.04. The highest BCUT2D eigenvalue weighted by atomic mass is 32.2. The minimum atomic E-state index is -3.67. The molecule has 2 rings (SSSR count). The first-order chi connectivity index (χ1) is 15.7. The number of methoxy groups -OCH3 is 5. The van der Waals surface area contributed by atoms with E-state index in [-0.39, 0.29) is 5.75 Å². The number of hydrogen-bond acceptors (Lipinski definition) is 9. The number of ether oxygens (including phenoxy) is 5. The molecule has 0 heterocycles. The fourth-order valence-corrected chi connectivity index (χ4v) is 4.16. The van der Waals surface area contributed by atoms with Gasteiger partial charge in [0, 0.05) is 17.5 Å². The van der Waals surface area contributed by atoms with Crippen LogP contribution < -0.4 is 24.3 Å². The van der Waals surface area contributed by atoms with Crippen molar-refractivity contribution in [3.8, 4) is 23.0 Å². The Bertz CT molecular complexity index is 1090. The van der Waals surface area contributed by atoms with Gasteiger partial charge in [0.05, 0.1) is 52.6 Å². The summed E-state index contributed by atoms with van der Waals surface area (Å²) in [6.45, 7) is 1.63. The fourth-order valence-electron chi connectivity index (χ4n) is 3.08. The maximum absolute atomic E-state index is 12.8. The summed E-state index contributed by atoms with van der Waals surface area (Å²) in [6.07, 6.45) is 1.43. The van der Waals surface area contributed by atoms with E-state index in [1.807, 2.05) is 0 Å². The van der Waals surface area contributed by atoms with Crippen LogP contribution >= 0.6 is 0 Å². The molecule has 10 heteroatoms. The summed E-state index contributed by atoms with van der Waals surface area (Å²) in [6, 6.07) is 7.53. The van der Waals surface area contributed by atoms with Crippen molar-refractivity contribution >= 4 is 27.6 Å². The summed E-state index contributed by atoms with van der Waals surface area (Å²) in [5, 5.41) is 4.09. The second-order valence-corrected chi connectivity index (χ2v) is 8.87. The molecule has 0 spiro atoms. The summed E-state index contributed by atoms with van der Waals surface area (Å²) in [7, 11) is 3.57. The maximum atomic E-state index is 12.8. The predicted octanol–water partition coefficient (Wildman–Crippen LogP) is 3.28. The molecule has 180 valence electrons. The first-order valence-corrected chi connectivity index (χ1v) is 11.6. The smallest absolute Gasteiger partial charge is 0.327 e. The molecule has 2 aromatic carbocycles. The van der Waals surface area contributed by atoms with Gasteiger partial charge in [-0.25, -0.2) is 13.2 Å². The van der Waals surface area contributed by atoms with Gasteiger partial charge < -0.3 is 29.0 Å². The molecule has 0 aliphatic heterocycles. The Morgan fingerprint density at radius 1 is 0.939 bits per heavy atom. The molecule has 1 atom stereocenters. The zero-order chi connectivity index (χ0) is 24.6. The standard InChI is InChI=1S/C23H29NO8S/c1-15(23(25)32-6)24-19-11-16(7-8-20(19)29-3)14-33(26,27)10-9-18-21(30-4)12-17(28-2)13-22(18)31-5/h7-13,15,24H,14H2,1-6H3/b10-9+/t15-/m0/s1. The first-order valence-electron chi connectivity index (χ1n) is 9.90. The first kappa shape index (κ1) is 25.9. The summed E-state index contributed by atoms with van der Waals surface area (Å²) in [4.78, 5) is 11.7. The minimum Gasteiger partial charge on any atom is -0.496 e. The van der Waals surface area contributed by atoms with Crippen molar-refractivity contribution in [1.29, 1.82) is 0 Å². The molecule has 0 unspecified atom stereocenters. The number of esters is 1. The molecule has 0 saturated heterocycles. The average Bonchev–Trinajstić information content (AvgIpc) is 2.81. The topological polar surface area (TPSA) is 109 Å². The zero-order valence-electron chi connectivity index (χ0n) is 19.5. The number of nitrogens with one attached hydrogen (secondary N) is 1. The molecule has 0 fully saturated rings. The second kappa shape index (κ2) is 11.5. The predicted molar refractivity (Wildman–Crippen MR) is 126 cm³/mol. The molecule has 33 heavy (non-hydrogen) atoms. The van der Waals surface area contributed by atoms with Crippen molar-refractivity contribution in [1.82, 2.24) is 0 Å². The van der Waals surface area contributed by atoms with Crippen LogP contribution in [-0.4, -0.2) is 56.0 Å². The lowest BCUT2D eigenvalue weighted by atomic mass is 10.1. The number of carbonyl (C=O) groups is 1. The highest BCUT2D eigenvalue weighted by Crippen LogP contribution is 2.35. The molecule has 0 aromatic heterocycles. The number of rotatable bonds is 11. The quantitative estimate of drug-likeness (QED) is 0.486. The van der Waals surface area contributed by atoms with Gasteiger partial charge in [-0.2, -0.15) is 0 Å². The van der Waals surface area contributed by atoms with Crippen molar-refractivity contribution in [2.24, 2.45) is 0 Å². The van der Waals surface area contributed by atoms with Crippen LogP contribution in [0.2, 0.25) is 0 Å². The van der Waals surface area contributed by atoms with E-state index in [1.54, 1.807) is 37.3 Å². The van der Waals surface area contributed by atoms with Crippen LogP contribution in [0.3, 0.4) is 0 Å². The molecule has 0 bridgehead atoms. The van der Waals surface area contributed by atoms with Crippen LogP contribution in [0.1, 0.15) is 18.1 Å². The van der Waals surface area contributed by atoms with Crippen LogP contribution in [0.15, 0.2) is 35.7 Å². The van der Waals surface area contributed by atoms with Crippen LogP contribution in [0.25, 0.3) is 6.08 Å². The molecule has 0 aliphatic carbocycles. The van der Waals surface area contributed by atoms with E-state index in [2.05, 4.69) is 5.32 Å². The maximum Gasteiger partial charge on any atom is 0.327 e. The Morgan fingerprint density at radius 2 is 1.55 bits per heavy atom. The Labute approximate surface area is 194 Å². The second-order valence-electron chi connectivity index (χ2n) is 6.98. The van der Waals surface area contributed by atoms with Gasteiger partial charge in [0.15, 0.2) is 9.84 Å². The van der Waals surface area contributed by atoms with Crippen LogP contribution in [-0.2, 0) is 25.1 Å². The third kappa shape index (κ3) is 6.79. The van der Waals surface area contributed by atoms with E-state index < -0.39 is 21.8 Å². The molecular weight excluding hydrogens is 450 g/mol. The number of sulfone groups is 1. The van der Waals surface area contributed by atoms with E-state index in [1.165, 1.54) is 41.6 Å². The Balaban J connectivity index is 2.32. The molecule has 0 amide bonds. The van der Waals surface area contributed by atoms with E-state index in [0.717, 1.165) is 5.41 Å². The molecule has 9 nitrogen and oxygen atoms in total. The molecule has 0 saturated carbocycles. The van der Waals surface area contributed by atoms with Gasteiger partial charge in [-0.15, -0.1) is 0 Å². The number of anilines is 1. The molecular formula is C23H29NO8S. The average molecular weight is 480 g/mol. The highest BCUT2D eigenvalue weighted by molar-refractivity contribution is 7.93. The lowest BCUT2D eigenvalue weighted by Crippen LogP contribution is -2.27. The minimum absolute atomic E-state index is 0.268. The zero-order valence-corrected chi connectivity index (χ0v) is 20.3. The number of benzene rings is 2. The lowest BCUT2D eigenvalue weighted by molar-refractivity contribution is -0.141. The molecule has 0 aliphatic rings. The van der Waals surface area contributed by atoms with Gasteiger partial charge >= 0.3 is 5.97 Å². The largest absolute Gasteiger partial charge is 0.496 e. The van der Waals surface area contributed by atoms with E-state index in [0.29, 0.717) is 39.8 Å². The Morgan fingerprint density at radius 3 is 2.06 bits per heavy atom. The summed E-state index contributed by atoms with van der Waals surface area (Å²) in [5.41, 5.74) is 1.45. The molecule has 0 radical (unpaired) electrons. The van der Waals surface area contributed by atoms with Gasteiger partial charge in [0.1, 0.15) is 29.0 Å². The summed E-state index contributed by atoms with van der Waals surface area (Å²) in [5.74, 6) is 1.07.